The number of ketones is 1. The molecule has 0 heterocycles. The molecule has 0 aromatic carbocycles. The van der Waals surface area contributed by atoms with Gasteiger partial charge >= 0.3 is 0 Å². The van der Waals surface area contributed by atoms with Crippen molar-refractivity contribution < 1.29 is 9.90 Å². The summed E-state index contributed by atoms with van der Waals surface area (Å²) in [6.07, 6.45) is 10.7. The van der Waals surface area contributed by atoms with Gasteiger partial charge in [0.1, 0.15) is 5.78 Å². The van der Waals surface area contributed by atoms with Gasteiger partial charge in [-0.25, -0.2) is 0 Å². The first-order valence-electron chi connectivity index (χ1n) is 9.99. The molecule has 2 heteroatoms. The lowest BCUT2D eigenvalue weighted by atomic mass is 9.46. The van der Waals surface area contributed by atoms with Crippen molar-refractivity contribution >= 4 is 5.78 Å². The van der Waals surface area contributed by atoms with Crippen molar-refractivity contribution in [2.24, 2.45) is 34.5 Å². The number of rotatable bonds is 2. The minimum absolute atomic E-state index is 0.0185. The Bertz CT molecular complexity index is 603. The molecule has 24 heavy (non-hydrogen) atoms. The average Bonchev–Trinajstić information content (AvgIpc) is 2.85. The van der Waals surface area contributed by atoms with Crippen molar-refractivity contribution in [1.29, 1.82) is 0 Å². The third kappa shape index (κ3) is 2.01. The fourth-order valence-corrected chi connectivity index (χ4v) is 7.19. The second-order valence-corrected chi connectivity index (χ2v) is 9.23. The second kappa shape index (κ2) is 5.56. The maximum Gasteiger partial charge on any atom is 0.139 e. The summed E-state index contributed by atoms with van der Waals surface area (Å²) in [5, 5.41) is 10.4. The molecule has 4 rings (SSSR count). The number of aliphatic hydroxyl groups excluding tert-OH is 1. The fraction of sp³-hybridized carbons (Fsp3) is 0.773. The predicted octanol–water partition coefficient (Wildman–Crippen LogP) is 4.68. The molecule has 3 saturated carbocycles. The van der Waals surface area contributed by atoms with Crippen molar-refractivity contribution in [1.82, 2.24) is 0 Å². The van der Waals surface area contributed by atoms with E-state index in [1.54, 1.807) is 0 Å². The average molecular weight is 328 g/mol. The molecule has 0 spiro atoms. The molecule has 132 valence electrons. The Balaban J connectivity index is 1.75. The minimum Gasteiger partial charge on any atom is -0.395 e. The molecular weight excluding hydrogens is 296 g/mol. The van der Waals surface area contributed by atoms with E-state index >= 15 is 0 Å². The summed E-state index contributed by atoms with van der Waals surface area (Å²) in [6.45, 7) is 8.96. The van der Waals surface area contributed by atoms with Crippen LogP contribution in [0.2, 0.25) is 0 Å². The van der Waals surface area contributed by atoms with E-state index in [9.17, 15) is 9.90 Å². The van der Waals surface area contributed by atoms with Gasteiger partial charge < -0.3 is 5.11 Å². The van der Waals surface area contributed by atoms with E-state index in [1.807, 2.05) is 0 Å². The highest BCUT2D eigenvalue weighted by molar-refractivity contribution is 5.87. The van der Waals surface area contributed by atoms with Gasteiger partial charge in [0.2, 0.25) is 0 Å². The summed E-state index contributed by atoms with van der Waals surface area (Å²) in [4.78, 5) is 12.8. The van der Waals surface area contributed by atoms with Crippen molar-refractivity contribution in [3.8, 4) is 0 Å². The molecule has 0 bridgehead atoms. The summed E-state index contributed by atoms with van der Waals surface area (Å²) >= 11 is 0. The van der Waals surface area contributed by atoms with E-state index in [4.69, 9.17) is 0 Å². The highest BCUT2D eigenvalue weighted by atomic mass is 16.3. The Morgan fingerprint density at radius 2 is 2.08 bits per heavy atom. The molecule has 0 radical (unpaired) electrons. The van der Waals surface area contributed by atoms with Crippen molar-refractivity contribution in [2.45, 2.75) is 65.2 Å². The summed E-state index contributed by atoms with van der Waals surface area (Å²) in [6, 6.07) is 0. The number of hydrogen-bond acceptors (Lipinski definition) is 2. The fourth-order valence-electron chi connectivity index (χ4n) is 7.19. The smallest absolute Gasteiger partial charge is 0.139 e. The highest BCUT2D eigenvalue weighted by Gasteiger charge is 2.62. The van der Waals surface area contributed by atoms with Crippen LogP contribution in [0.4, 0.5) is 0 Å². The Hall–Kier alpha value is -0.890. The van der Waals surface area contributed by atoms with Gasteiger partial charge in [-0.05, 0) is 62.2 Å². The van der Waals surface area contributed by atoms with Crippen LogP contribution in [-0.4, -0.2) is 17.5 Å². The van der Waals surface area contributed by atoms with Crippen LogP contribution in [0.5, 0.6) is 0 Å². The maximum atomic E-state index is 12.8. The number of allylic oxidation sites excluding steroid dienone is 2. The van der Waals surface area contributed by atoms with Crippen molar-refractivity contribution in [2.75, 3.05) is 6.61 Å². The highest BCUT2D eigenvalue weighted by Crippen LogP contribution is 2.66. The molecule has 0 saturated heterocycles. The summed E-state index contributed by atoms with van der Waals surface area (Å²) in [7, 11) is 0. The Labute approximate surface area is 146 Å². The summed E-state index contributed by atoms with van der Waals surface area (Å²) < 4.78 is 0. The molecular formula is C22H32O2. The normalized spacial score (nSPS) is 47.7. The van der Waals surface area contributed by atoms with E-state index in [-0.39, 0.29) is 17.4 Å². The van der Waals surface area contributed by atoms with Crippen LogP contribution in [0.3, 0.4) is 0 Å². The number of carbonyl (C=O) groups excluding carboxylic acids is 1. The topological polar surface area (TPSA) is 37.3 Å². The molecule has 4 aliphatic carbocycles. The molecule has 0 amide bonds. The molecule has 6 atom stereocenters. The zero-order valence-electron chi connectivity index (χ0n) is 15.3. The van der Waals surface area contributed by atoms with Gasteiger partial charge in [0.05, 0.1) is 6.61 Å². The van der Waals surface area contributed by atoms with E-state index in [0.29, 0.717) is 29.5 Å². The van der Waals surface area contributed by atoms with Crippen LogP contribution in [0, 0.1) is 34.5 Å². The molecule has 4 aliphatic rings. The monoisotopic (exact) mass is 328 g/mol. The Morgan fingerprint density at radius 1 is 1.29 bits per heavy atom. The Kier molecular flexibility index (Phi) is 3.84. The van der Waals surface area contributed by atoms with Gasteiger partial charge in [-0.3, -0.25) is 4.79 Å². The molecule has 1 N–H and O–H groups in total. The zero-order valence-corrected chi connectivity index (χ0v) is 15.3. The third-order valence-corrected chi connectivity index (χ3v) is 8.45. The van der Waals surface area contributed by atoms with Crippen LogP contribution < -0.4 is 0 Å². The third-order valence-electron chi connectivity index (χ3n) is 8.45. The van der Waals surface area contributed by atoms with Crippen LogP contribution in [0.1, 0.15) is 65.2 Å². The second-order valence-electron chi connectivity index (χ2n) is 9.23. The lowest BCUT2D eigenvalue weighted by Gasteiger charge is -2.58. The van der Waals surface area contributed by atoms with Crippen LogP contribution in [-0.2, 0) is 4.79 Å². The molecule has 0 aromatic rings. The van der Waals surface area contributed by atoms with Crippen LogP contribution in [0.15, 0.2) is 23.8 Å². The first-order valence-corrected chi connectivity index (χ1v) is 9.99. The van der Waals surface area contributed by atoms with Crippen LogP contribution in [0.25, 0.3) is 0 Å². The van der Waals surface area contributed by atoms with Gasteiger partial charge in [-0.2, -0.15) is 0 Å². The van der Waals surface area contributed by atoms with E-state index in [1.165, 1.54) is 17.6 Å². The lowest BCUT2D eigenvalue weighted by molar-refractivity contribution is -0.134. The van der Waals surface area contributed by atoms with Crippen molar-refractivity contribution in [3.63, 3.8) is 0 Å². The zero-order chi connectivity index (χ0) is 17.1. The lowest BCUT2D eigenvalue weighted by Crippen LogP contribution is -2.53. The molecule has 0 aliphatic heterocycles. The predicted molar refractivity (Wildman–Crippen MR) is 96.4 cm³/mol. The van der Waals surface area contributed by atoms with Crippen molar-refractivity contribution in [3.05, 3.63) is 23.8 Å². The van der Waals surface area contributed by atoms with E-state index < -0.39 is 0 Å². The standard InChI is InChI=1S/C22H32O2/c1-4-15-12-19(24)21(3)9-8-18-17(20(15)21)6-5-16-11-14(2)7-10-22(16,18)13-23/h11,15,17-18,20,23H,2,4-10,12-13H2,1,3H3/t15-,17-,18+,20+,21-,22-/m1/s1. The van der Waals surface area contributed by atoms with E-state index in [0.717, 1.165) is 44.9 Å². The first kappa shape index (κ1) is 16.6. The number of aliphatic hydroxyl groups is 1. The molecule has 0 aromatic heterocycles. The number of fused-ring (bicyclic) bond motifs is 5. The summed E-state index contributed by atoms with van der Waals surface area (Å²) in [5.41, 5.74) is 2.59. The van der Waals surface area contributed by atoms with Gasteiger partial charge in [-0.15, -0.1) is 0 Å². The molecule has 3 fully saturated rings. The van der Waals surface area contributed by atoms with Gasteiger partial charge in [-0.1, -0.05) is 44.1 Å². The van der Waals surface area contributed by atoms with Crippen LogP contribution >= 0.6 is 0 Å². The van der Waals surface area contributed by atoms with E-state index in [2.05, 4.69) is 26.5 Å². The van der Waals surface area contributed by atoms with Gasteiger partial charge in [0.15, 0.2) is 0 Å². The SMILES string of the molecule is C=C1C=C2CC[C@H]3[C@@H]4[C@H](CC)CC(=O)[C@@]4(C)CC[C@@H]3[C@@]2(CO)CC1. The minimum atomic E-state index is -0.0853. The number of carbonyl (C=O) groups is 1. The molecule has 2 nitrogen and oxygen atoms in total. The van der Waals surface area contributed by atoms with Gasteiger partial charge in [0.25, 0.3) is 0 Å². The first-order chi connectivity index (χ1) is 11.5. The largest absolute Gasteiger partial charge is 0.395 e. The quantitative estimate of drug-likeness (QED) is 0.799. The summed E-state index contributed by atoms with van der Waals surface area (Å²) in [5.74, 6) is 2.82. The van der Waals surface area contributed by atoms with Gasteiger partial charge in [0, 0.05) is 17.3 Å². The molecule has 0 unspecified atom stereocenters. The number of hydrogen-bond donors (Lipinski definition) is 1. The number of Topliss-reactive ketones (excluding diaryl/α,β-unsaturated/α-hetero) is 1. The maximum absolute atomic E-state index is 12.8. The Morgan fingerprint density at radius 3 is 2.79 bits per heavy atom.